The number of hydrogen-bond donors (Lipinski definition) is 2. The number of carbonyl (C=O) groups is 1. The van der Waals surface area contributed by atoms with Gasteiger partial charge in [-0.1, -0.05) is 26.0 Å². The van der Waals surface area contributed by atoms with Crippen LogP contribution in [0.1, 0.15) is 48.7 Å². The van der Waals surface area contributed by atoms with Gasteiger partial charge in [-0.25, -0.2) is 9.97 Å². The van der Waals surface area contributed by atoms with Crippen molar-refractivity contribution in [3.05, 3.63) is 54.0 Å². The molecule has 9 heteroatoms. The van der Waals surface area contributed by atoms with Crippen LogP contribution in [0.4, 0.5) is 11.6 Å². The van der Waals surface area contributed by atoms with E-state index in [2.05, 4.69) is 38.7 Å². The van der Waals surface area contributed by atoms with Gasteiger partial charge in [-0.3, -0.25) is 9.48 Å². The highest BCUT2D eigenvalue weighted by Gasteiger charge is 2.19. The topological polar surface area (TPSA) is 112 Å². The number of aryl methyl sites for hydroxylation is 1. The Morgan fingerprint density at radius 1 is 1.17 bits per heavy atom. The minimum Gasteiger partial charge on any atom is -0.336 e. The Morgan fingerprint density at radius 3 is 2.54 bits per heavy atom. The van der Waals surface area contributed by atoms with Gasteiger partial charge >= 0.3 is 0 Å². The van der Waals surface area contributed by atoms with E-state index < -0.39 is 6.04 Å². The van der Waals surface area contributed by atoms with Crippen LogP contribution in [0.25, 0.3) is 11.3 Å². The first-order valence-corrected chi connectivity index (χ1v) is 12.0. The number of rotatable bonds is 7. The van der Waals surface area contributed by atoms with E-state index in [4.69, 9.17) is 4.98 Å². The quantitative estimate of drug-likeness (QED) is 0.536. The summed E-state index contributed by atoms with van der Waals surface area (Å²) in [6, 6.07) is 9.25. The number of amides is 1. The number of nitrogens with one attached hydrogen (secondary N) is 2. The summed E-state index contributed by atoms with van der Waals surface area (Å²) >= 11 is 0. The lowest BCUT2D eigenvalue weighted by Gasteiger charge is -2.28. The highest BCUT2D eigenvalue weighted by atomic mass is 16.1. The van der Waals surface area contributed by atoms with Gasteiger partial charge in [-0.05, 0) is 63.5 Å². The predicted molar refractivity (Wildman–Crippen MR) is 135 cm³/mol. The lowest BCUT2D eigenvalue weighted by molar-refractivity contribution is 0.0937. The summed E-state index contributed by atoms with van der Waals surface area (Å²) in [5.41, 5.74) is 3.95. The lowest BCUT2D eigenvalue weighted by atomic mass is 10.0. The van der Waals surface area contributed by atoms with Gasteiger partial charge in [0.2, 0.25) is 5.95 Å². The molecule has 182 valence electrons. The fourth-order valence-corrected chi connectivity index (χ4v) is 4.14. The molecule has 0 saturated carbocycles. The van der Waals surface area contributed by atoms with Gasteiger partial charge in [-0.2, -0.15) is 10.4 Å². The summed E-state index contributed by atoms with van der Waals surface area (Å²) in [6.45, 7) is 7.92. The van der Waals surface area contributed by atoms with Gasteiger partial charge in [0.25, 0.3) is 5.91 Å². The van der Waals surface area contributed by atoms with E-state index in [1.54, 1.807) is 24.5 Å². The zero-order valence-electron chi connectivity index (χ0n) is 20.7. The minimum atomic E-state index is -0.524. The van der Waals surface area contributed by atoms with Gasteiger partial charge in [0.05, 0.1) is 29.7 Å². The molecule has 3 aromatic rings. The van der Waals surface area contributed by atoms with Crippen LogP contribution in [0, 0.1) is 24.2 Å². The van der Waals surface area contributed by atoms with Crippen molar-refractivity contribution < 1.29 is 4.79 Å². The average molecular weight is 473 g/mol. The third-order valence-electron chi connectivity index (χ3n) is 6.40. The molecule has 9 nitrogen and oxygen atoms in total. The van der Waals surface area contributed by atoms with E-state index in [1.807, 2.05) is 43.8 Å². The molecule has 1 atom stereocenters. The maximum atomic E-state index is 12.5. The summed E-state index contributed by atoms with van der Waals surface area (Å²) in [6.07, 6.45) is 7.78. The Bertz CT molecular complexity index is 1200. The Kier molecular flexibility index (Phi) is 7.42. The van der Waals surface area contributed by atoms with Crippen molar-refractivity contribution in [2.45, 2.75) is 45.7 Å². The molecule has 1 saturated heterocycles. The molecule has 2 N–H and O–H groups in total. The third-order valence-corrected chi connectivity index (χ3v) is 6.40. The molecular formula is C26H32N8O. The Hall–Kier alpha value is -3.77. The van der Waals surface area contributed by atoms with Crippen molar-refractivity contribution in [1.29, 1.82) is 5.26 Å². The fraction of sp³-hybridized carbons (Fsp3) is 0.423. The van der Waals surface area contributed by atoms with Crippen LogP contribution in [0.3, 0.4) is 0 Å². The van der Waals surface area contributed by atoms with E-state index in [1.165, 1.54) is 0 Å². The number of anilines is 2. The third kappa shape index (κ3) is 5.84. The highest BCUT2D eigenvalue weighted by Crippen LogP contribution is 2.25. The molecule has 1 aromatic carbocycles. The second-order valence-electron chi connectivity index (χ2n) is 9.50. The number of nitriles is 1. The van der Waals surface area contributed by atoms with Crippen LogP contribution in [0.2, 0.25) is 0 Å². The molecule has 1 amide bonds. The summed E-state index contributed by atoms with van der Waals surface area (Å²) in [7, 11) is 2.15. The van der Waals surface area contributed by atoms with Crippen molar-refractivity contribution in [2.75, 3.05) is 25.5 Å². The molecule has 1 unspecified atom stereocenters. The average Bonchev–Trinajstić information content (AvgIpc) is 3.32. The first kappa shape index (κ1) is 24.4. The molecule has 1 aliphatic heterocycles. The van der Waals surface area contributed by atoms with E-state index in [9.17, 15) is 10.1 Å². The molecule has 0 radical (unpaired) electrons. The van der Waals surface area contributed by atoms with E-state index in [-0.39, 0.29) is 11.8 Å². The van der Waals surface area contributed by atoms with Crippen LogP contribution < -0.4 is 10.6 Å². The monoisotopic (exact) mass is 472 g/mol. The molecule has 4 rings (SSSR count). The number of nitrogens with zero attached hydrogens (tertiary/aromatic N) is 6. The molecule has 0 aliphatic carbocycles. The SMILES string of the molecule is Cc1cnc(Nc2cnn(C3CCN(C)CC3)c2)nc1-c1ccc(C(=O)NC(C#N)C(C)C)cc1. The Labute approximate surface area is 206 Å². The van der Waals surface area contributed by atoms with Crippen LogP contribution in [-0.2, 0) is 0 Å². The highest BCUT2D eigenvalue weighted by molar-refractivity contribution is 5.95. The number of benzene rings is 1. The normalized spacial score (nSPS) is 15.5. The van der Waals surface area contributed by atoms with Gasteiger partial charge in [0.1, 0.15) is 6.04 Å². The van der Waals surface area contributed by atoms with Crippen LogP contribution in [0.15, 0.2) is 42.9 Å². The van der Waals surface area contributed by atoms with Crippen LogP contribution in [0.5, 0.6) is 0 Å². The summed E-state index contributed by atoms with van der Waals surface area (Å²) < 4.78 is 2.03. The van der Waals surface area contributed by atoms with Crippen LogP contribution >= 0.6 is 0 Å². The van der Waals surface area contributed by atoms with Crippen LogP contribution in [-0.4, -0.2) is 56.7 Å². The molecule has 2 aromatic heterocycles. The van der Waals surface area contributed by atoms with Gasteiger partial charge in [0.15, 0.2) is 0 Å². The fourth-order valence-electron chi connectivity index (χ4n) is 4.14. The second-order valence-corrected chi connectivity index (χ2v) is 9.50. The number of piperidine rings is 1. The molecular weight excluding hydrogens is 440 g/mol. The van der Waals surface area contributed by atoms with Gasteiger partial charge in [0, 0.05) is 23.5 Å². The van der Waals surface area contributed by atoms with E-state index in [0.29, 0.717) is 17.6 Å². The summed E-state index contributed by atoms with van der Waals surface area (Å²) in [4.78, 5) is 24.0. The van der Waals surface area contributed by atoms with Gasteiger partial charge < -0.3 is 15.5 Å². The van der Waals surface area contributed by atoms with Gasteiger partial charge in [-0.15, -0.1) is 0 Å². The number of hydrogen-bond acceptors (Lipinski definition) is 7. The van der Waals surface area contributed by atoms with E-state index >= 15 is 0 Å². The predicted octanol–water partition coefficient (Wildman–Crippen LogP) is 3.94. The zero-order valence-corrected chi connectivity index (χ0v) is 20.7. The molecule has 0 spiro atoms. The van der Waals surface area contributed by atoms with Crippen molar-refractivity contribution >= 4 is 17.5 Å². The number of carbonyl (C=O) groups excluding carboxylic acids is 1. The smallest absolute Gasteiger partial charge is 0.252 e. The standard InChI is InChI=1S/C26H32N8O/c1-17(2)23(13-27)31-25(35)20-7-5-19(6-8-20)24-18(3)14-28-26(32-24)30-21-15-29-34(16-21)22-9-11-33(4)12-10-22/h5-8,14-17,22-23H,9-12H2,1-4H3,(H,31,35)(H,28,30,32). The summed E-state index contributed by atoms with van der Waals surface area (Å²) in [5.74, 6) is 0.263. The maximum Gasteiger partial charge on any atom is 0.252 e. The second kappa shape index (κ2) is 10.7. The molecule has 1 aliphatic rings. The first-order valence-electron chi connectivity index (χ1n) is 12.0. The van der Waals surface area contributed by atoms with E-state index in [0.717, 1.165) is 48.4 Å². The first-order chi connectivity index (χ1) is 16.8. The van der Waals surface area contributed by atoms with Crippen molar-refractivity contribution in [3.63, 3.8) is 0 Å². The number of aromatic nitrogens is 4. The van der Waals surface area contributed by atoms with Crippen molar-refractivity contribution in [2.24, 2.45) is 5.92 Å². The van der Waals surface area contributed by atoms with Crippen molar-refractivity contribution in [3.8, 4) is 17.3 Å². The molecule has 35 heavy (non-hydrogen) atoms. The summed E-state index contributed by atoms with van der Waals surface area (Å²) in [5, 5.41) is 19.8. The minimum absolute atomic E-state index is 0.0364. The largest absolute Gasteiger partial charge is 0.336 e. The number of likely N-dealkylation sites (tertiary alicyclic amines) is 1. The lowest BCUT2D eigenvalue weighted by Crippen LogP contribution is -2.37. The molecule has 0 bridgehead atoms. The Balaban J connectivity index is 1.46. The Morgan fingerprint density at radius 2 is 1.89 bits per heavy atom. The molecule has 1 fully saturated rings. The zero-order chi connectivity index (χ0) is 24.9. The maximum absolute atomic E-state index is 12.5. The molecule has 3 heterocycles. The van der Waals surface area contributed by atoms with Crippen molar-refractivity contribution in [1.82, 2.24) is 30.0 Å².